The Hall–Kier alpha value is -0.860. The summed E-state index contributed by atoms with van der Waals surface area (Å²) in [6.07, 6.45) is 0. The minimum Gasteiger partial charge on any atom is -0.394 e. The van der Waals surface area contributed by atoms with Crippen LogP contribution in [0.15, 0.2) is 30.3 Å². The molecular weight excluding hydrogens is 174 g/mol. The summed E-state index contributed by atoms with van der Waals surface area (Å²) in [6, 6.07) is 10.5. The van der Waals surface area contributed by atoms with Gasteiger partial charge in [0.05, 0.1) is 6.61 Å². The first-order chi connectivity index (χ1) is 6.55. The van der Waals surface area contributed by atoms with Crippen molar-refractivity contribution in [3.63, 3.8) is 0 Å². The highest BCUT2D eigenvalue weighted by molar-refractivity contribution is 5.18. The second-order valence-corrected chi connectivity index (χ2v) is 4.32. The van der Waals surface area contributed by atoms with Crippen molar-refractivity contribution in [1.29, 1.82) is 0 Å². The highest BCUT2D eigenvalue weighted by Crippen LogP contribution is 2.15. The molecule has 2 N–H and O–H groups in total. The Morgan fingerprint density at radius 3 is 2.36 bits per heavy atom. The van der Waals surface area contributed by atoms with Crippen LogP contribution < -0.4 is 5.32 Å². The number of hydrogen-bond donors (Lipinski definition) is 2. The van der Waals surface area contributed by atoms with Gasteiger partial charge in [0.25, 0.3) is 0 Å². The Morgan fingerprint density at radius 1 is 1.29 bits per heavy atom. The third kappa shape index (κ3) is 3.13. The van der Waals surface area contributed by atoms with E-state index in [0.717, 1.165) is 0 Å². The molecule has 0 saturated heterocycles. The van der Waals surface area contributed by atoms with E-state index in [-0.39, 0.29) is 18.2 Å². The molecule has 0 saturated carbocycles. The van der Waals surface area contributed by atoms with Gasteiger partial charge < -0.3 is 10.4 Å². The normalized spacial score (nSPS) is 14.0. The van der Waals surface area contributed by atoms with Gasteiger partial charge in [-0.3, -0.25) is 0 Å². The van der Waals surface area contributed by atoms with Crippen molar-refractivity contribution in [1.82, 2.24) is 5.32 Å². The lowest BCUT2D eigenvalue weighted by atomic mass is 10.0. The van der Waals surface area contributed by atoms with Crippen LogP contribution in [-0.2, 0) is 0 Å². The molecule has 0 heterocycles. The van der Waals surface area contributed by atoms with Crippen molar-refractivity contribution in [2.24, 2.45) is 0 Å². The van der Waals surface area contributed by atoms with Gasteiger partial charge in [0.2, 0.25) is 0 Å². The molecule has 0 bridgehead atoms. The Balaban J connectivity index is 2.64. The first-order valence-electron chi connectivity index (χ1n) is 4.99. The fourth-order valence-corrected chi connectivity index (χ4v) is 1.46. The van der Waals surface area contributed by atoms with Crippen LogP contribution in [0.2, 0.25) is 0 Å². The smallest absolute Gasteiger partial charge is 0.0608 e. The number of hydrogen-bond acceptors (Lipinski definition) is 2. The van der Waals surface area contributed by atoms with Crippen LogP contribution in [-0.4, -0.2) is 17.3 Å². The maximum Gasteiger partial charge on any atom is 0.0608 e. The minimum absolute atomic E-state index is 0.143. The van der Waals surface area contributed by atoms with Gasteiger partial charge in [0, 0.05) is 11.6 Å². The quantitative estimate of drug-likeness (QED) is 0.767. The molecule has 0 aromatic heterocycles. The van der Waals surface area contributed by atoms with Gasteiger partial charge in [-0.05, 0) is 26.3 Å². The molecule has 1 unspecified atom stereocenters. The first kappa shape index (κ1) is 11.2. The lowest BCUT2D eigenvalue weighted by Gasteiger charge is -2.28. The predicted molar refractivity (Wildman–Crippen MR) is 59.2 cm³/mol. The van der Waals surface area contributed by atoms with Crippen molar-refractivity contribution < 1.29 is 5.11 Å². The molecule has 14 heavy (non-hydrogen) atoms. The third-order valence-electron chi connectivity index (χ3n) is 2.30. The molecule has 0 aliphatic heterocycles. The zero-order valence-electron chi connectivity index (χ0n) is 9.12. The fraction of sp³-hybridized carbons (Fsp3) is 0.500. The molecule has 0 aliphatic rings. The average Bonchev–Trinajstić information content (AvgIpc) is 2.19. The Labute approximate surface area is 86.0 Å². The number of aliphatic hydroxyl groups excluding tert-OH is 1. The lowest BCUT2D eigenvalue weighted by molar-refractivity contribution is 0.178. The molecule has 2 nitrogen and oxygen atoms in total. The van der Waals surface area contributed by atoms with Crippen LogP contribution in [0.3, 0.4) is 0 Å². The van der Waals surface area contributed by atoms with E-state index >= 15 is 0 Å². The second kappa shape index (κ2) is 4.58. The molecule has 1 atom stereocenters. The van der Waals surface area contributed by atoms with E-state index < -0.39 is 0 Å². The van der Waals surface area contributed by atoms with Crippen molar-refractivity contribution >= 4 is 0 Å². The Kier molecular flexibility index (Phi) is 3.67. The number of nitrogens with one attached hydrogen (secondary N) is 1. The number of benzene rings is 1. The molecule has 1 rings (SSSR count). The van der Waals surface area contributed by atoms with Crippen molar-refractivity contribution in [3.8, 4) is 0 Å². The van der Waals surface area contributed by atoms with Gasteiger partial charge in [-0.2, -0.15) is 0 Å². The SMILES string of the molecule is CC(NC(C)(C)CO)c1ccccc1. The van der Waals surface area contributed by atoms with E-state index in [4.69, 9.17) is 5.11 Å². The van der Waals surface area contributed by atoms with Crippen LogP contribution in [0.25, 0.3) is 0 Å². The molecule has 0 radical (unpaired) electrons. The summed E-state index contributed by atoms with van der Waals surface area (Å²) in [7, 11) is 0. The summed E-state index contributed by atoms with van der Waals surface area (Å²) >= 11 is 0. The monoisotopic (exact) mass is 193 g/mol. The van der Waals surface area contributed by atoms with E-state index in [1.165, 1.54) is 5.56 Å². The summed E-state index contributed by atoms with van der Waals surface area (Å²) in [6.45, 7) is 6.23. The van der Waals surface area contributed by atoms with E-state index in [1.54, 1.807) is 0 Å². The Morgan fingerprint density at radius 2 is 1.86 bits per heavy atom. The molecule has 0 amide bonds. The summed E-state index contributed by atoms with van der Waals surface area (Å²) in [5.74, 6) is 0. The molecule has 0 spiro atoms. The summed E-state index contributed by atoms with van der Waals surface area (Å²) in [4.78, 5) is 0. The largest absolute Gasteiger partial charge is 0.394 e. The molecule has 0 fully saturated rings. The average molecular weight is 193 g/mol. The molecule has 1 aromatic carbocycles. The maximum atomic E-state index is 9.13. The third-order valence-corrected chi connectivity index (χ3v) is 2.30. The minimum atomic E-state index is -0.227. The van der Waals surface area contributed by atoms with Crippen LogP contribution >= 0.6 is 0 Å². The van der Waals surface area contributed by atoms with E-state index in [2.05, 4.69) is 24.4 Å². The summed E-state index contributed by atoms with van der Waals surface area (Å²) < 4.78 is 0. The van der Waals surface area contributed by atoms with Gasteiger partial charge in [0.15, 0.2) is 0 Å². The zero-order chi connectivity index (χ0) is 10.6. The highest BCUT2D eigenvalue weighted by atomic mass is 16.3. The van der Waals surface area contributed by atoms with Crippen LogP contribution in [0, 0.1) is 0 Å². The van der Waals surface area contributed by atoms with Crippen LogP contribution in [0.1, 0.15) is 32.4 Å². The van der Waals surface area contributed by atoms with Gasteiger partial charge in [-0.1, -0.05) is 30.3 Å². The first-order valence-corrected chi connectivity index (χ1v) is 4.99. The summed E-state index contributed by atoms with van der Waals surface area (Å²) in [5.41, 5.74) is 1.02. The van der Waals surface area contributed by atoms with E-state index in [1.807, 2.05) is 32.0 Å². The van der Waals surface area contributed by atoms with Gasteiger partial charge in [-0.25, -0.2) is 0 Å². The van der Waals surface area contributed by atoms with E-state index in [0.29, 0.717) is 0 Å². The molecular formula is C12H19NO. The van der Waals surface area contributed by atoms with Crippen LogP contribution in [0.4, 0.5) is 0 Å². The van der Waals surface area contributed by atoms with Gasteiger partial charge >= 0.3 is 0 Å². The van der Waals surface area contributed by atoms with Gasteiger partial charge in [0.1, 0.15) is 0 Å². The molecule has 0 aliphatic carbocycles. The zero-order valence-corrected chi connectivity index (χ0v) is 9.12. The lowest BCUT2D eigenvalue weighted by Crippen LogP contribution is -2.43. The predicted octanol–water partition coefficient (Wildman–Crippen LogP) is 2.11. The number of rotatable bonds is 4. The van der Waals surface area contributed by atoms with Crippen LogP contribution in [0.5, 0.6) is 0 Å². The fourth-order valence-electron chi connectivity index (χ4n) is 1.46. The molecule has 2 heteroatoms. The standard InChI is InChI=1S/C12H19NO/c1-10(13-12(2,3)9-14)11-7-5-4-6-8-11/h4-8,10,13-14H,9H2,1-3H3. The Bertz CT molecular complexity index is 269. The van der Waals surface area contributed by atoms with Gasteiger partial charge in [-0.15, -0.1) is 0 Å². The molecule has 78 valence electrons. The number of aliphatic hydroxyl groups is 1. The molecule has 1 aromatic rings. The van der Waals surface area contributed by atoms with Crippen molar-refractivity contribution in [2.75, 3.05) is 6.61 Å². The van der Waals surface area contributed by atoms with E-state index in [9.17, 15) is 0 Å². The van der Waals surface area contributed by atoms with Crippen molar-refractivity contribution in [2.45, 2.75) is 32.4 Å². The van der Waals surface area contributed by atoms with Crippen molar-refractivity contribution in [3.05, 3.63) is 35.9 Å². The maximum absolute atomic E-state index is 9.13. The topological polar surface area (TPSA) is 32.3 Å². The highest BCUT2D eigenvalue weighted by Gasteiger charge is 2.18. The second-order valence-electron chi connectivity index (χ2n) is 4.32. The summed E-state index contributed by atoms with van der Waals surface area (Å²) in [5, 5.41) is 12.5.